The van der Waals surface area contributed by atoms with Crippen LogP contribution in [-0.2, 0) is 6.54 Å². The number of nitrogens with one attached hydrogen (secondary N) is 1. The standard InChI is InChI=1S/C16H16ClF2NO/c1-11(20-10-12-5-7-14(17)8-6-12)13-3-2-4-15(9-13)21-16(18)19/h2-9,11,16,20H,10H2,1H3. The summed E-state index contributed by atoms with van der Waals surface area (Å²) in [5.41, 5.74) is 1.99. The maximum atomic E-state index is 12.2. The van der Waals surface area contributed by atoms with Crippen LogP contribution in [0, 0.1) is 0 Å². The van der Waals surface area contributed by atoms with Gasteiger partial charge in [0.2, 0.25) is 0 Å². The van der Waals surface area contributed by atoms with Crippen molar-refractivity contribution >= 4 is 11.6 Å². The van der Waals surface area contributed by atoms with E-state index in [1.165, 1.54) is 6.07 Å². The Balaban J connectivity index is 1.96. The van der Waals surface area contributed by atoms with Gasteiger partial charge in [-0.25, -0.2) is 0 Å². The van der Waals surface area contributed by atoms with Gasteiger partial charge in [0.1, 0.15) is 5.75 Å². The van der Waals surface area contributed by atoms with Gasteiger partial charge in [-0.3, -0.25) is 0 Å². The third-order valence-electron chi connectivity index (χ3n) is 3.11. The molecule has 0 spiro atoms. The summed E-state index contributed by atoms with van der Waals surface area (Å²) in [5.74, 6) is 0.169. The Morgan fingerprint density at radius 3 is 2.52 bits per heavy atom. The second-order valence-corrected chi connectivity index (χ2v) is 5.12. The van der Waals surface area contributed by atoms with E-state index in [1.807, 2.05) is 37.3 Å². The highest BCUT2D eigenvalue weighted by molar-refractivity contribution is 6.30. The minimum absolute atomic E-state index is 0.0156. The summed E-state index contributed by atoms with van der Waals surface area (Å²) >= 11 is 5.83. The number of halogens is 3. The van der Waals surface area contributed by atoms with Crippen LogP contribution < -0.4 is 10.1 Å². The molecule has 1 unspecified atom stereocenters. The molecule has 0 bridgehead atoms. The van der Waals surface area contributed by atoms with E-state index in [4.69, 9.17) is 11.6 Å². The number of hydrogen-bond donors (Lipinski definition) is 1. The zero-order valence-electron chi connectivity index (χ0n) is 11.5. The zero-order valence-corrected chi connectivity index (χ0v) is 12.3. The Morgan fingerprint density at radius 1 is 1.14 bits per heavy atom. The molecule has 1 N–H and O–H groups in total. The maximum absolute atomic E-state index is 12.2. The quantitative estimate of drug-likeness (QED) is 0.828. The van der Waals surface area contributed by atoms with Crippen LogP contribution in [0.2, 0.25) is 5.02 Å². The number of ether oxygens (including phenoxy) is 1. The smallest absolute Gasteiger partial charge is 0.387 e. The van der Waals surface area contributed by atoms with Gasteiger partial charge in [-0.1, -0.05) is 35.9 Å². The Labute approximate surface area is 127 Å². The van der Waals surface area contributed by atoms with E-state index in [0.29, 0.717) is 11.6 Å². The van der Waals surface area contributed by atoms with Crippen molar-refractivity contribution in [2.24, 2.45) is 0 Å². The number of hydrogen-bond acceptors (Lipinski definition) is 2. The van der Waals surface area contributed by atoms with Crippen molar-refractivity contribution in [1.82, 2.24) is 5.32 Å². The second-order valence-electron chi connectivity index (χ2n) is 4.68. The first-order chi connectivity index (χ1) is 10.0. The van der Waals surface area contributed by atoms with E-state index in [9.17, 15) is 8.78 Å². The van der Waals surface area contributed by atoms with E-state index >= 15 is 0 Å². The highest BCUT2D eigenvalue weighted by Crippen LogP contribution is 2.21. The summed E-state index contributed by atoms with van der Waals surface area (Å²) in [4.78, 5) is 0. The molecule has 0 amide bonds. The fourth-order valence-corrected chi connectivity index (χ4v) is 2.08. The molecule has 0 saturated carbocycles. The summed E-state index contributed by atoms with van der Waals surface area (Å²) in [7, 11) is 0. The lowest BCUT2D eigenvalue weighted by atomic mass is 10.1. The fourth-order valence-electron chi connectivity index (χ4n) is 1.95. The minimum atomic E-state index is -2.81. The average molecular weight is 312 g/mol. The summed E-state index contributed by atoms with van der Waals surface area (Å²) < 4.78 is 28.8. The van der Waals surface area contributed by atoms with Crippen LogP contribution in [0.5, 0.6) is 5.75 Å². The number of rotatable bonds is 6. The lowest BCUT2D eigenvalue weighted by Crippen LogP contribution is -2.18. The Kier molecular flexibility index (Phi) is 5.53. The van der Waals surface area contributed by atoms with Gasteiger partial charge in [-0.05, 0) is 42.3 Å². The molecule has 2 aromatic carbocycles. The third-order valence-corrected chi connectivity index (χ3v) is 3.36. The first kappa shape index (κ1) is 15.7. The van der Waals surface area contributed by atoms with Gasteiger partial charge in [-0.15, -0.1) is 0 Å². The van der Waals surface area contributed by atoms with Crippen LogP contribution in [0.25, 0.3) is 0 Å². The zero-order chi connectivity index (χ0) is 15.2. The molecule has 2 rings (SSSR count). The SMILES string of the molecule is CC(NCc1ccc(Cl)cc1)c1cccc(OC(F)F)c1. The Hall–Kier alpha value is -1.65. The molecule has 0 aromatic heterocycles. The van der Waals surface area contributed by atoms with E-state index in [0.717, 1.165) is 11.1 Å². The van der Waals surface area contributed by atoms with Crippen LogP contribution in [0.4, 0.5) is 8.78 Å². The summed E-state index contributed by atoms with van der Waals surface area (Å²) in [5, 5.41) is 4.03. The first-order valence-corrected chi connectivity index (χ1v) is 6.95. The van der Waals surface area contributed by atoms with E-state index < -0.39 is 6.61 Å². The normalized spacial score (nSPS) is 12.4. The molecular weight excluding hydrogens is 296 g/mol. The lowest BCUT2D eigenvalue weighted by molar-refractivity contribution is -0.0499. The second kappa shape index (κ2) is 7.38. The predicted octanol–water partition coefficient (Wildman–Crippen LogP) is 4.79. The Morgan fingerprint density at radius 2 is 1.86 bits per heavy atom. The average Bonchev–Trinajstić information content (AvgIpc) is 2.46. The molecule has 112 valence electrons. The highest BCUT2D eigenvalue weighted by Gasteiger charge is 2.09. The van der Waals surface area contributed by atoms with Crippen molar-refractivity contribution in [3.05, 3.63) is 64.7 Å². The molecule has 0 fully saturated rings. The van der Waals surface area contributed by atoms with E-state index in [2.05, 4.69) is 10.1 Å². The van der Waals surface area contributed by atoms with Gasteiger partial charge in [0, 0.05) is 17.6 Å². The molecule has 0 aliphatic heterocycles. The monoisotopic (exact) mass is 311 g/mol. The molecule has 21 heavy (non-hydrogen) atoms. The van der Waals surface area contributed by atoms with Gasteiger partial charge in [0.15, 0.2) is 0 Å². The number of benzene rings is 2. The molecule has 2 nitrogen and oxygen atoms in total. The van der Waals surface area contributed by atoms with Crippen molar-refractivity contribution in [1.29, 1.82) is 0 Å². The molecule has 0 aliphatic rings. The fraction of sp³-hybridized carbons (Fsp3) is 0.250. The largest absolute Gasteiger partial charge is 0.435 e. The van der Waals surface area contributed by atoms with Gasteiger partial charge >= 0.3 is 6.61 Å². The lowest BCUT2D eigenvalue weighted by Gasteiger charge is -2.15. The molecule has 0 aliphatic carbocycles. The first-order valence-electron chi connectivity index (χ1n) is 6.57. The third kappa shape index (κ3) is 4.99. The summed E-state index contributed by atoms with van der Waals surface area (Å²) in [6.45, 7) is -0.173. The minimum Gasteiger partial charge on any atom is -0.435 e. The molecule has 2 aromatic rings. The predicted molar refractivity (Wildman–Crippen MR) is 79.8 cm³/mol. The summed E-state index contributed by atoms with van der Waals surface area (Å²) in [6, 6.07) is 14.3. The van der Waals surface area contributed by atoms with Crippen LogP contribution in [0.15, 0.2) is 48.5 Å². The molecule has 5 heteroatoms. The van der Waals surface area contributed by atoms with Gasteiger partial charge in [0.05, 0.1) is 0 Å². The van der Waals surface area contributed by atoms with Gasteiger partial charge in [-0.2, -0.15) is 8.78 Å². The van der Waals surface area contributed by atoms with Crippen molar-refractivity contribution in [2.75, 3.05) is 0 Å². The molecule has 0 saturated heterocycles. The van der Waals surface area contributed by atoms with Crippen LogP contribution >= 0.6 is 11.6 Å². The van der Waals surface area contributed by atoms with Crippen LogP contribution in [0.1, 0.15) is 24.1 Å². The van der Waals surface area contributed by atoms with Crippen molar-refractivity contribution in [3.8, 4) is 5.75 Å². The van der Waals surface area contributed by atoms with Crippen molar-refractivity contribution < 1.29 is 13.5 Å². The molecule has 1 atom stereocenters. The summed E-state index contributed by atoms with van der Waals surface area (Å²) in [6.07, 6.45) is 0. The number of alkyl halides is 2. The van der Waals surface area contributed by atoms with E-state index in [-0.39, 0.29) is 11.8 Å². The molecule has 0 heterocycles. The van der Waals surface area contributed by atoms with E-state index in [1.54, 1.807) is 12.1 Å². The highest BCUT2D eigenvalue weighted by atomic mass is 35.5. The van der Waals surface area contributed by atoms with Gasteiger partial charge in [0.25, 0.3) is 0 Å². The molecular formula is C16H16ClF2NO. The van der Waals surface area contributed by atoms with Crippen LogP contribution in [-0.4, -0.2) is 6.61 Å². The Bertz CT molecular complexity index is 575. The van der Waals surface area contributed by atoms with Crippen molar-refractivity contribution in [3.63, 3.8) is 0 Å². The van der Waals surface area contributed by atoms with Crippen LogP contribution in [0.3, 0.4) is 0 Å². The molecule has 0 radical (unpaired) electrons. The van der Waals surface area contributed by atoms with Crippen molar-refractivity contribution in [2.45, 2.75) is 26.1 Å². The topological polar surface area (TPSA) is 21.3 Å². The van der Waals surface area contributed by atoms with Gasteiger partial charge < -0.3 is 10.1 Å². The maximum Gasteiger partial charge on any atom is 0.387 e.